The summed E-state index contributed by atoms with van der Waals surface area (Å²) < 4.78 is 12.5. The van der Waals surface area contributed by atoms with E-state index < -0.39 is 10.8 Å². The lowest BCUT2D eigenvalue weighted by Crippen LogP contribution is -2.24. The van der Waals surface area contributed by atoms with Crippen molar-refractivity contribution in [2.45, 2.75) is 16.4 Å². The number of carbonyl (C=O) groups excluding carboxylic acids is 1. The van der Waals surface area contributed by atoms with Crippen LogP contribution in [0.3, 0.4) is 0 Å². The van der Waals surface area contributed by atoms with Gasteiger partial charge in [0.1, 0.15) is 11.5 Å². The zero-order chi connectivity index (χ0) is 22.5. The summed E-state index contributed by atoms with van der Waals surface area (Å²) in [5.41, 5.74) is 4.20. The molecule has 0 aliphatic carbocycles. The maximum atomic E-state index is 11.8. The number of nitro benzene ring substituents is 1. The fourth-order valence-electron chi connectivity index (χ4n) is 2.58. The molecule has 32 heavy (non-hydrogen) atoms. The van der Waals surface area contributed by atoms with Gasteiger partial charge in [-0.3, -0.25) is 14.9 Å². The minimum absolute atomic E-state index is 0.0282. The first-order valence-electron chi connectivity index (χ1n) is 9.30. The van der Waals surface area contributed by atoms with Crippen molar-refractivity contribution in [1.82, 2.24) is 10.4 Å². The molecule has 1 N–H and O–H groups in total. The molecular weight excluding hydrogens is 452 g/mol. The van der Waals surface area contributed by atoms with Crippen LogP contribution in [-0.2, 0) is 4.79 Å². The molecule has 0 radical (unpaired) electrons. The molecule has 0 saturated heterocycles. The van der Waals surface area contributed by atoms with Crippen molar-refractivity contribution in [2.24, 2.45) is 5.10 Å². The highest BCUT2D eigenvalue weighted by Gasteiger charge is 2.12. The van der Waals surface area contributed by atoms with Gasteiger partial charge in [-0.05, 0) is 49.0 Å². The average molecular weight is 469 g/mol. The third-order valence-corrected chi connectivity index (χ3v) is 6.12. The van der Waals surface area contributed by atoms with Crippen LogP contribution in [0.1, 0.15) is 11.3 Å². The molecule has 2 heterocycles. The predicted octanol–water partition coefficient (Wildman–Crippen LogP) is 4.79. The first-order valence-corrected chi connectivity index (χ1v) is 10.9. The van der Waals surface area contributed by atoms with E-state index in [0.717, 1.165) is 10.3 Å². The Kier molecular flexibility index (Phi) is 6.47. The SMILES string of the molecule is Cc1ccc(OCC(=O)NN=Cc2ccc(Sc3nc4ccc([N+](=O)[O-])cc4s3)o2)cc1. The summed E-state index contributed by atoms with van der Waals surface area (Å²) in [5.74, 6) is 0.655. The molecule has 0 unspecified atom stereocenters. The van der Waals surface area contributed by atoms with Crippen molar-refractivity contribution in [3.05, 3.63) is 76.0 Å². The maximum absolute atomic E-state index is 11.8. The van der Waals surface area contributed by atoms with E-state index in [1.807, 2.05) is 19.1 Å². The fourth-order valence-corrected chi connectivity index (χ4v) is 4.58. The summed E-state index contributed by atoms with van der Waals surface area (Å²) in [6.45, 7) is 1.81. The summed E-state index contributed by atoms with van der Waals surface area (Å²) in [6, 6.07) is 15.4. The van der Waals surface area contributed by atoms with Crippen LogP contribution in [0.15, 0.2) is 73.5 Å². The van der Waals surface area contributed by atoms with Gasteiger partial charge >= 0.3 is 0 Å². The third kappa shape index (κ3) is 5.50. The van der Waals surface area contributed by atoms with E-state index in [4.69, 9.17) is 9.15 Å². The quantitative estimate of drug-likeness (QED) is 0.224. The van der Waals surface area contributed by atoms with Crippen LogP contribution in [0.4, 0.5) is 5.69 Å². The highest BCUT2D eigenvalue weighted by Crippen LogP contribution is 2.36. The molecule has 0 spiro atoms. The van der Waals surface area contributed by atoms with Gasteiger partial charge in [0.25, 0.3) is 11.6 Å². The Bertz CT molecular complexity index is 1300. The lowest BCUT2D eigenvalue weighted by Gasteiger charge is -2.04. The van der Waals surface area contributed by atoms with Gasteiger partial charge in [0.05, 0.1) is 21.4 Å². The molecule has 0 bridgehead atoms. The number of amides is 1. The Hall–Kier alpha value is -3.70. The van der Waals surface area contributed by atoms with Crippen LogP contribution in [0.25, 0.3) is 10.2 Å². The highest BCUT2D eigenvalue weighted by molar-refractivity contribution is 8.01. The number of nitrogens with zero attached hydrogens (tertiary/aromatic N) is 3. The second kappa shape index (κ2) is 9.62. The van der Waals surface area contributed by atoms with E-state index in [9.17, 15) is 14.9 Å². The number of fused-ring (bicyclic) bond motifs is 1. The Labute approximate surface area is 190 Å². The fraction of sp³-hybridized carbons (Fsp3) is 0.0952. The predicted molar refractivity (Wildman–Crippen MR) is 122 cm³/mol. The van der Waals surface area contributed by atoms with Crippen LogP contribution in [-0.4, -0.2) is 28.6 Å². The van der Waals surface area contributed by atoms with Gasteiger partial charge in [0.2, 0.25) is 0 Å². The van der Waals surface area contributed by atoms with E-state index >= 15 is 0 Å². The standard InChI is InChI=1S/C21H16N4O5S2/c1-13-2-5-15(6-3-13)29-12-19(26)24-22-11-16-7-9-20(30-16)32-21-23-17-8-4-14(25(27)28)10-18(17)31-21/h2-11H,12H2,1H3,(H,24,26). The molecule has 2 aromatic heterocycles. The zero-order valence-electron chi connectivity index (χ0n) is 16.7. The Balaban J connectivity index is 1.30. The lowest BCUT2D eigenvalue weighted by molar-refractivity contribution is -0.384. The number of thiazole rings is 1. The molecule has 162 valence electrons. The third-order valence-electron chi connectivity index (χ3n) is 4.13. The first kappa shape index (κ1) is 21.5. The molecule has 4 rings (SSSR count). The van der Waals surface area contributed by atoms with Crippen molar-refractivity contribution in [1.29, 1.82) is 0 Å². The smallest absolute Gasteiger partial charge is 0.277 e. The van der Waals surface area contributed by atoms with Gasteiger partial charge in [-0.25, -0.2) is 10.4 Å². The van der Waals surface area contributed by atoms with Crippen molar-refractivity contribution in [2.75, 3.05) is 6.61 Å². The summed E-state index contributed by atoms with van der Waals surface area (Å²) in [4.78, 5) is 26.8. The van der Waals surface area contributed by atoms with E-state index in [-0.39, 0.29) is 12.3 Å². The number of carbonyl (C=O) groups is 1. The summed E-state index contributed by atoms with van der Waals surface area (Å²) in [7, 11) is 0. The van der Waals surface area contributed by atoms with Crippen molar-refractivity contribution < 1.29 is 18.9 Å². The molecule has 0 saturated carbocycles. The summed E-state index contributed by atoms with van der Waals surface area (Å²) in [5, 5.41) is 15.4. The number of hydrogen-bond donors (Lipinski definition) is 1. The lowest BCUT2D eigenvalue weighted by atomic mass is 10.2. The molecule has 0 atom stereocenters. The Morgan fingerprint density at radius 1 is 1.28 bits per heavy atom. The molecule has 4 aromatic rings. The number of aryl methyl sites for hydroxylation is 1. The Morgan fingerprint density at radius 3 is 2.88 bits per heavy atom. The molecule has 2 aromatic carbocycles. The second-order valence-corrected chi connectivity index (χ2v) is 8.82. The molecule has 0 aliphatic heterocycles. The maximum Gasteiger partial charge on any atom is 0.277 e. The number of benzene rings is 2. The normalized spacial score (nSPS) is 11.2. The molecule has 0 fully saturated rings. The van der Waals surface area contributed by atoms with Crippen LogP contribution in [0.5, 0.6) is 5.75 Å². The van der Waals surface area contributed by atoms with Gasteiger partial charge in [-0.1, -0.05) is 17.7 Å². The molecule has 1 amide bonds. The summed E-state index contributed by atoms with van der Waals surface area (Å²) >= 11 is 2.64. The van der Waals surface area contributed by atoms with Gasteiger partial charge in [0.15, 0.2) is 16.0 Å². The second-order valence-electron chi connectivity index (χ2n) is 6.54. The number of furan rings is 1. The molecule has 11 heteroatoms. The monoisotopic (exact) mass is 468 g/mol. The van der Waals surface area contributed by atoms with E-state index in [1.165, 1.54) is 41.4 Å². The van der Waals surface area contributed by atoms with E-state index in [0.29, 0.717) is 26.5 Å². The molecule has 9 nitrogen and oxygen atoms in total. The number of nitrogens with one attached hydrogen (secondary N) is 1. The van der Waals surface area contributed by atoms with Gasteiger partial charge < -0.3 is 9.15 Å². The van der Waals surface area contributed by atoms with Crippen molar-refractivity contribution in [3.63, 3.8) is 0 Å². The van der Waals surface area contributed by atoms with Crippen LogP contribution in [0, 0.1) is 17.0 Å². The van der Waals surface area contributed by atoms with E-state index in [1.54, 1.807) is 30.3 Å². The van der Waals surface area contributed by atoms with Gasteiger partial charge in [-0.15, -0.1) is 11.3 Å². The van der Waals surface area contributed by atoms with Gasteiger partial charge in [-0.2, -0.15) is 5.10 Å². The number of nitro groups is 1. The van der Waals surface area contributed by atoms with Crippen LogP contribution in [0.2, 0.25) is 0 Å². The number of hydrazone groups is 1. The number of non-ortho nitro benzene ring substituents is 1. The molecule has 0 aliphatic rings. The molecular formula is C21H16N4O5S2. The van der Waals surface area contributed by atoms with E-state index in [2.05, 4.69) is 15.5 Å². The zero-order valence-corrected chi connectivity index (χ0v) is 18.3. The first-order chi connectivity index (χ1) is 15.5. The number of rotatable bonds is 8. The average Bonchev–Trinajstić information content (AvgIpc) is 3.39. The van der Waals surface area contributed by atoms with Crippen molar-refractivity contribution >= 4 is 51.1 Å². The summed E-state index contributed by atoms with van der Waals surface area (Å²) in [6.07, 6.45) is 1.38. The van der Waals surface area contributed by atoms with Crippen LogP contribution < -0.4 is 10.2 Å². The minimum atomic E-state index is -0.433. The largest absolute Gasteiger partial charge is 0.484 e. The minimum Gasteiger partial charge on any atom is -0.484 e. The van der Waals surface area contributed by atoms with Gasteiger partial charge in [0, 0.05) is 12.1 Å². The highest BCUT2D eigenvalue weighted by atomic mass is 32.2. The Morgan fingerprint density at radius 2 is 2.09 bits per heavy atom. The number of aromatic nitrogens is 1. The van der Waals surface area contributed by atoms with Crippen molar-refractivity contribution in [3.8, 4) is 5.75 Å². The van der Waals surface area contributed by atoms with Crippen LogP contribution >= 0.6 is 23.1 Å². The number of hydrogen-bond acceptors (Lipinski definition) is 9. The topological polar surface area (TPSA) is 120 Å². The number of ether oxygens (including phenoxy) is 1.